The van der Waals surface area contributed by atoms with Gasteiger partial charge in [0, 0.05) is 6.54 Å². The van der Waals surface area contributed by atoms with Gasteiger partial charge >= 0.3 is 5.97 Å². The van der Waals surface area contributed by atoms with E-state index in [1.165, 1.54) is 0 Å². The lowest BCUT2D eigenvalue weighted by molar-refractivity contribution is 0.0555. The van der Waals surface area contributed by atoms with E-state index in [9.17, 15) is 4.79 Å². The molecule has 0 aliphatic heterocycles. The Hall–Kier alpha value is -1.57. The van der Waals surface area contributed by atoms with E-state index in [1.807, 2.05) is 0 Å². The van der Waals surface area contributed by atoms with Crippen LogP contribution in [0.25, 0.3) is 0 Å². The molecule has 0 aliphatic carbocycles. The van der Waals surface area contributed by atoms with Crippen LogP contribution in [0.1, 0.15) is 15.9 Å². The highest BCUT2D eigenvalue weighted by Crippen LogP contribution is 2.06. The van der Waals surface area contributed by atoms with Crippen LogP contribution in [0.5, 0.6) is 0 Å². The van der Waals surface area contributed by atoms with Crippen molar-refractivity contribution in [3.05, 3.63) is 35.4 Å². The quantitative estimate of drug-likeness (QED) is 0.624. The second-order valence-electron chi connectivity index (χ2n) is 2.74. The highest BCUT2D eigenvalue weighted by atomic mass is 35.5. The normalized spacial score (nSPS) is 9.33. The second kappa shape index (κ2) is 6.02. The molecule has 0 heterocycles. The lowest BCUT2D eigenvalue weighted by atomic mass is 10.1. The average Bonchev–Trinajstić information content (AvgIpc) is 2.27. The van der Waals surface area contributed by atoms with Gasteiger partial charge in [-0.25, -0.2) is 9.63 Å². The van der Waals surface area contributed by atoms with Gasteiger partial charge in [0.05, 0.1) is 5.56 Å². The fraction of sp³-hybridized carbons (Fsp3) is 0.200. The molecule has 0 fully saturated rings. The Morgan fingerprint density at radius 1 is 1.47 bits per heavy atom. The van der Waals surface area contributed by atoms with Crippen molar-refractivity contribution >= 4 is 17.7 Å². The number of hydrogen-bond acceptors (Lipinski definition) is 4. The SMILES string of the molecule is N#CCOC(=O)c1ccc(CNCl)cc1. The summed E-state index contributed by atoms with van der Waals surface area (Å²) in [5, 5.41) is 8.23. The molecule has 0 aliphatic rings. The van der Waals surface area contributed by atoms with Gasteiger partial charge in [-0.15, -0.1) is 0 Å². The van der Waals surface area contributed by atoms with Crippen molar-refractivity contribution in [2.24, 2.45) is 0 Å². The van der Waals surface area contributed by atoms with Crippen LogP contribution >= 0.6 is 11.8 Å². The predicted octanol–water partition coefficient (Wildman–Crippen LogP) is 1.61. The first kappa shape index (κ1) is 11.5. The summed E-state index contributed by atoms with van der Waals surface area (Å²) in [6.07, 6.45) is 0. The average molecular weight is 225 g/mol. The smallest absolute Gasteiger partial charge is 0.339 e. The number of esters is 1. The van der Waals surface area contributed by atoms with Crippen molar-refractivity contribution in [1.29, 1.82) is 5.26 Å². The lowest BCUT2D eigenvalue weighted by Gasteiger charge is -2.02. The summed E-state index contributed by atoms with van der Waals surface area (Å²) in [6, 6.07) is 8.51. The number of hydrogen-bond donors (Lipinski definition) is 1. The first-order valence-corrected chi connectivity index (χ1v) is 4.62. The monoisotopic (exact) mass is 224 g/mol. The third kappa shape index (κ3) is 3.58. The molecular weight excluding hydrogens is 216 g/mol. The number of halogens is 1. The second-order valence-corrected chi connectivity index (χ2v) is 3.01. The zero-order valence-electron chi connectivity index (χ0n) is 7.87. The number of carbonyl (C=O) groups excluding carboxylic acids is 1. The number of rotatable bonds is 4. The highest BCUT2D eigenvalue weighted by molar-refractivity contribution is 6.13. The number of ether oxygens (including phenoxy) is 1. The molecule has 0 unspecified atom stereocenters. The van der Waals surface area contributed by atoms with Crippen LogP contribution in [-0.2, 0) is 11.3 Å². The number of benzene rings is 1. The van der Waals surface area contributed by atoms with Crippen LogP contribution in [0.4, 0.5) is 0 Å². The van der Waals surface area contributed by atoms with Crippen molar-refractivity contribution in [1.82, 2.24) is 4.84 Å². The van der Waals surface area contributed by atoms with E-state index in [2.05, 4.69) is 9.57 Å². The van der Waals surface area contributed by atoms with Crippen molar-refractivity contribution in [3.63, 3.8) is 0 Å². The summed E-state index contributed by atoms with van der Waals surface area (Å²) < 4.78 is 4.64. The van der Waals surface area contributed by atoms with Gasteiger partial charge in [0.25, 0.3) is 0 Å². The molecular formula is C10H9ClN2O2. The summed E-state index contributed by atoms with van der Waals surface area (Å²) in [6.45, 7) is 0.291. The van der Waals surface area contributed by atoms with E-state index in [-0.39, 0.29) is 6.61 Å². The molecule has 15 heavy (non-hydrogen) atoms. The van der Waals surface area contributed by atoms with Gasteiger partial charge in [-0.3, -0.25) is 0 Å². The molecule has 0 spiro atoms. The lowest BCUT2D eigenvalue weighted by Crippen LogP contribution is -2.05. The molecule has 0 aromatic heterocycles. The maximum absolute atomic E-state index is 11.3. The van der Waals surface area contributed by atoms with Gasteiger partial charge in [0.1, 0.15) is 6.07 Å². The van der Waals surface area contributed by atoms with Crippen LogP contribution in [0.2, 0.25) is 0 Å². The standard InChI is InChI=1S/C10H9ClN2O2/c11-13-7-8-1-3-9(4-2-8)10(14)15-6-5-12/h1-4,13H,6-7H2. The molecule has 0 saturated carbocycles. The minimum absolute atomic E-state index is 0.232. The topological polar surface area (TPSA) is 62.1 Å². The Bertz CT molecular complexity index is 370. The van der Waals surface area contributed by atoms with Crippen LogP contribution < -0.4 is 4.84 Å². The van der Waals surface area contributed by atoms with Gasteiger partial charge in [-0.1, -0.05) is 12.1 Å². The van der Waals surface area contributed by atoms with Crippen molar-refractivity contribution < 1.29 is 9.53 Å². The third-order valence-corrected chi connectivity index (χ3v) is 1.86. The highest BCUT2D eigenvalue weighted by Gasteiger charge is 2.05. The van der Waals surface area contributed by atoms with E-state index in [0.29, 0.717) is 12.1 Å². The summed E-state index contributed by atoms with van der Waals surface area (Å²) in [4.78, 5) is 13.7. The van der Waals surface area contributed by atoms with Gasteiger partial charge in [-0.05, 0) is 29.5 Å². The first-order chi connectivity index (χ1) is 7.27. The van der Waals surface area contributed by atoms with Crippen LogP contribution in [0.3, 0.4) is 0 Å². The summed E-state index contributed by atoms with van der Waals surface area (Å²) in [5.74, 6) is -0.498. The Morgan fingerprint density at radius 2 is 2.13 bits per heavy atom. The van der Waals surface area contributed by atoms with Crippen LogP contribution in [0, 0.1) is 11.3 Å². The minimum Gasteiger partial charge on any atom is -0.447 e. The molecule has 0 saturated heterocycles. The van der Waals surface area contributed by atoms with E-state index in [0.717, 1.165) is 5.56 Å². The number of nitrogens with one attached hydrogen (secondary N) is 1. The Kier molecular flexibility index (Phi) is 4.61. The van der Waals surface area contributed by atoms with E-state index < -0.39 is 5.97 Å². The molecule has 78 valence electrons. The molecule has 0 bridgehead atoms. The molecule has 4 nitrogen and oxygen atoms in total. The van der Waals surface area contributed by atoms with E-state index in [1.54, 1.807) is 30.3 Å². The minimum atomic E-state index is -0.498. The van der Waals surface area contributed by atoms with Crippen molar-refractivity contribution in [2.45, 2.75) is 6.54 Å². The molecule has 5 heteroatoms. The van der Waals surface area contributed by atoms with Crippen LogP contribution in [-0.4, -0.2) is 12.6 Å². The maximum atomic E-state index is 11.3. The largest absolute Gasteiger partial charge is 0.447 e. The fourth-order valence-corrected chi connectivity index (χ4v) is 1.17. The molecule has 1 rings (SSSR count). The number of carbonyl (C=O) groups is 1. The van der Waals surface area contributed by atoms with E-state index >= 15 is 0 Å². The Labute approximate surface area is 92.5 Å². The summed E-state index contributed by atoms with van der Waals surface area (Å²) >= 11 is 5.33. The van der Waals surface area contributed by atoms with Gasteiger partial charge < -0.3 is 4.74 Å². The maximum Gasteiger partial charge on any atom is 0.339 e. The zero-order chi connectivity index (χ0) is 11.1. The number of nitriles is 1. The fourth-order valence-electron chi connectivity index (χ4n) is 1.02. The molecule has 1 aromatic carbocycles. The molecule has 0 radical (unpaired) electrons. The number of nitrogens with zero attached hydrogens (tertiary/aromatic N) is 1. The molecule has 0 amide bonds. The van der Waals surface area contributed by atoms with Gasteiger partial charge in [-0.2, -0.15) is 5.26 Å². The molecule has 1 N–H and O–H groups in total. The molecule has 0 atom stereocenters. The Balaban J connectivity index is 2.63. The first-order valence-electron chi connectivity index (χ1n) is 4.24. The van der Waals surface area contributed by atoms with Crippen molar-refractivity contribution in [2.75, 3.05) is 6.61 Å². The Morgan fingerprint density at radius 3 is 2.67 bits per heavy atom. The zero-order valence-corrected chi connectivity index (χ0v) is 8.62. The van der Waals surface area contributed by atoms with Crippen molar-refractivity contribution in [3.8, 4) is 6.07 Å². The third-order valence-electron chi connectivity index (χ3n) is 1.73. The summed E-state index contributed by atoms with van der Waals surface area (Å²) in [5.41, 5.74) is 1.38. The van der Waals surface area contributed by atoms with Gasteiger partial charge in [0.2, 0.25) is 0 Å². The summed E-state index contributed by atoms with van der Waals surface area (Å²) in [7, 11) is 0. The van der Waals surface area contributed by atoms with Gasteiger partial charge in [0.15, 0.2) is 6.61 Å². The molecule has 1 aromatic rings. The predicted molar refractivity (Wildman–Crippen MR) is 55.0 cm³/mol. The van der Waals surface area contributed by atoms with E-state index in [4.69, 9.17) is 17.0 Å². The van der Waals surface area contributed by atoms with Crippen LogP contribution in [0.15, 0.2) is 24.3 Å².